The third-order valence-corrected chi connectivity index (χ3v) is 13.4. The molecule has 0 saturated carbocycles. The van der Waals surface area contributed by atoms with Crippen LogP contribution >= 0.6 is 0 Å². The summed E-state index contributed by atoms with van der Waals surface area (Å²) < 4.78 is 2.31. The molecule has 8 aromatic rings. The maximum absolute atomic E-state index is 5.21. The van der Waals surface area contributed by atoms with E-state index in [0.29, 0.717) is 0 Å². The first-order valence-corrected chi connectivity index (χ1v) is 16.9. The Kier molecular flexibility index (Phi) is 6.47. The highest BCUT2D eigenvalue weighted by molar-refractivity contribution is 7.19. The third kappa shape index (κ3) is 4.19. The van der Waals surface area contributed by atoms with Crippen molar-refractivity contribution in [3.8, 4) is 16.8 Å². The van der Waals surface area contributed by atoms with E-state index in [1.54, 1.807) is 0 Å². The van der Waals surface area contributed by atoms with E-state index in [4.69, 9.17) is 9.97 Å². The Bertz CT molecular complexity index is 2150. The summed E-state index contributed by atoms with van der Waals surface area (Å²) in [6, 6.07) is 58.9. The lowest BCUT2D eigenvalue weighted by molar-refractivity contribution is 1.17. The fourth-order valence-corrected chi connectivity index (χ4v) is 11.3. The standard InChI is InChI=1S/C40H29N3Si/c1-5-14-30(15-6-1)31-23-25-35(26-24-31)44(33-18-9-3-10-19-33,34-20-11-4-12-21-34)36-28-38-40(42-29-36)39-37(22-13-27-41-39)43(38)32-16-7-2-8-17-32/h1-29H. The van der Waals surface area contributed by atoms with E-state index < -0.39 is 8.07 Å². The minimum Gasteiger partial charge on any atom is -0.306 e. The molecule has 0 radical (unpaired) electrons. The number of hydrogen-bond donors (Lipinski definition) is 0. The normalized spacial score (nSPS) is 11.6. The Labute approximate surface area is 257 Å². The van der Waals surface area contributed by atoms with Gasteiger partial charge in [-0.25, -0.2) is 0 Å². The van der Waals surface area contributed by atoms with Gasteiger partial charge in [-0.05, 0) is 62.2 Å². The Hall–Kier alpha value is -5.58. The van der Waals surface area contributed by atoms with E-state index in [2.05, 4.69) is 168 Å². The molecule has 0 atom stereocenters. The molecule has 0 bridgehead atoms. The van der Waals surface area contributed by atoms with Crippen molar-refractivity contribution in [2.45, 2.75) is 0 Å². The molecule has 44 heavy (non-hydrogen) atoms. The molecule has 0 N–H and O–H groups in total. The molecule has 3 nitrogen and oxygen atoms in total. The number of aromatic nitrogens is 3. The Morgan fingerprint density at radius 1 is 0.409 bits per heavy atom. The van der Waals surface area contributed by atoms with Crippen LogP contribution < -0.4 is 20.7 Å². The highest BCUT2D eigenvalue weighted by Gasteiger charge is 2.42. The van der Waals surface area contributed by atoms with Crippen molar-refractivity contribution in [3.63, 3.8) is 0 Å². The zero-order valence-electron chi connectivity index (χ0n) is 24.1. The molecule has 208 valence electrons. The minimum atomic E-state index is -2.81. The van der Waals surface area contributed by atoms with Gasteiger partial charge < -0.3 is 4.57 Å². The number of para-hydroxylation sites is 1. The topological polar surface area (TPSA) is 30.7 Å². The van der Waals surface area contributed by atoms with Crippen molar-refractivity contribution < 1.29 is 0 Å². The second-order valence-electron chi connectivity index (χ2n) is 11.1. The average Bonchev–Trinajstić information content (AvgIpc) is 3.44. The van der Waals surface area contributed by atoms with Gasteiger partial charge in [-0.2, -0.15) is 0 Å². The van der Waals surface area contributed by atoms with Crippen LogP contribution in [0.4, 0.5) is 0 Å². The van der Waals surface area contributed by atoms with Crippen LogP contribution in [0.15, 0.2) is 176 Å². The SMILES string of the molecule is c1ccc(-c2ccc([Si](c3ccccc3)(c3ccccc3)c3cnc4c5ncccc5n(-c5ccccc5)c4c3)cc2)cc1. The zero-order chi connectivity index (χ0) is 29.3. The molecule has 0 aliphatic rings. The summed E-state index contributed by atoms with van der Waals surface area (Å²) in [7, 11) is -2.81. The highest BCUT2D eigenvalue weighted by Crippen LogP contribution is 2.29. The lowest BCUT2D eigenvalue weighted by atomic mass is 10.1. The number of hydrogen-bond acceptors (Lipinski definition) is 2. The van der Waals surface area contributed by atoms with Crippen molar-refractivity contribution in [3.05, 3.63) is 176 Å². The molecule has 0 amide bonds. The van der Waals surface area contributed by atoms with Crippen molar-refractivity contribution in [2.75, 3.05) is 0 Å². The molecule has 5 aromatic carbocycles. The maximum Gasteiger partial charge on any atom is 0.181 e. The summed E-state index contributed by atoms with van der Waals surface area (Å²) in [5.41, 5.74) is 7.46. The predicted octanol–water partition coefficient (Wildman–Crippen LogP) is 6.62. The third-order valence-electron chi connectivity index (χ3n) is 8.65. The molecule has 0 unspecified atom stereocenters. The van der Waals surface area contributed by atoms with Gasteiger partial charge in [0, 0.05) is 18.1 Å². The summed E-state index contributed by atoms with van der Waals surface area (Å²) in [6.07, 6.45) is 3.97. The van der Waals surface area contributed by atoms with Gasteiger partial charge in [0.05, 0.1) is 11.0 Å². The molecule has 3 aromatic heterocycles. The predicted molar refractivity (Wildman–Crippen MR) is 185 cm³/mol. The average molecular weight is 580 g/mol. The minimum absolute atomic E-state index is 0.914. The highest BCUT2D eigenvalue weighted by atomic mass is 28.3. The van der Waals surface area contributed by atoms with Crippen LogP contribution in [0, 0.1) is 0 Å². The van der Waals surface area contributed by atoms with Crippen LogP contribution in [0.2, 0.25) is 0 Å². The van der Waals surface area contributed by atoms with Gasteiger partial charge >= 0.3 is 0 Å². The van der Waals surface area contributed by atoms with Crippen LogP contribution in [0.5, 0.6) is 0 Å². The van der Waals surface area contributed by atoms with E-state index in [1.165, 1.54) is 31.9 Å². The smallest absolute Gasteiger partial charge is 0.181 e. The number of nitrogens with zero attached hydrogens (tertiary/aromatic N) is 3. The Morgan fingerprint density at radius 3 is 1.57 bits per heavy atom. The van der Waals surface area contributed by atoms with E-state index in [0.717, 1.165) is 27.8 Å². The summed E-state index contributed by atoms with van der Waals surface area (Å²) in [5.74, 6) is 0. The van der Waals surface area contributed by atoms with Crippen LogP contribution in [0.25, 0.3) is 38.9 Å². The van der Waals surface area contributed by atoms with Gasteiger partial charge in [-0.15, -0.1) is 0 Å². The summed E-state index contributed by atoms with van der Waals surface area (Å²) in [6.45, 7) is 0. The van der Waals surface area contributed by atoms with Crippen LogP contribution in [0.1, 0.15) is 0 Å². The largest absolute Gasteiger partial charge is 0.306 e. The second-order valence-corrected chi connectivity index (χ2v) is 14.9. The number of fused-ring (bicyclic) bond motifs is 3. The fourth-order valence-electron chi connectivity index (χ4n) is 6.68. The number of pyridine rings is 2. The van der Waals surface area contributed by atoms with E-state index in [-0.39, 0.29) is 0 Å². The Morgan fingerprint density at radius 2 is 0.932 bits per heavy atom. The summed E-state index contributed by atoms with van der Waals surface area (Å²) in [4.78, 5) is 10.0. The maximum atomic E-state index is 5.21. The van der Waals surface area contributed by atoms with Crippen LogP contribution in [-0.2, 0) is 0 Å². The molecule has 0 saturated heterocycles. The van der Waals surface area contributed by atoms with Gasteiger partial charge in [-0.1, -0.05) is 133 Å². The van der Waals surface area contributed by atoms with Crippen molar-refractivity contribution >= 4 is 50.9 Å². The van der Waals surface area contributed by atoms with Crippen molar-refractivity contribution in [1.82, 2.24) is 14.5 Å². The lowest BCUT2D eigenvalue weighted by Crippen LogP contribution is -2.74. The van der Waals surface area contributed by atoms with Crippen molar-refractivity contribution in [1.29, 1.82) is 0 Å². The summed E-state index contributed by atoms with van der Waals surface area (Å²) >= 11 is 0. The molecule has 0 spiro atoms. The Balaban J connectivity index is 1.46. The molecular formula is C40H29N3Si. The first kappa shape index (κ1) is 26.1. The van der Waals surface area contributed by atoms with E-state index >= 15 is 0 Å². The molecule has 4 heteroatoms. The number of benzene rings is 5. The molecule has 8 rings (SSSR count). The van der Waals surface area contributed by atoms with Crippen LogP contribution in [-0.4, -0.2) is 22.6 Å². The second kappa shape index (κ2) is 10.9. The zero-order valence-corrected chi connectivity index (χ0v) is 25.1. The van der Waals surface area contributed by atoms with Gasteiger partial charge in [0.15, 0.2) is 8.07 Å². The van der Waals surface area contributed by atoms with E-state index in [9.17, 15) is 0 Å². The van der Waals surface area contributed by atoms with Gasteiger partial charge in [0.25, 0.3) is 0 Å². The number of rotatable bonds is 6. The van der Waals surface area contributed by atoms with E-state index in [1.807, 2.05) is 12.3 Å². The van der Waals surface area contributed by atoms with Gasteiger partial charge in [0.1, 0.15) is 11.0 Å². The first-order valence-electron chi connectivity index (χ1n) is 14.9. The van der Waals surface area contributed by atoms with Crippen LogP contribution in [0.3, 0.4) is 0 Å². The molecule has 0 fully saturated rings. The first-order chi connectivity index (χ1) is 21.8. The molecular weight excluding hydrogens is 551 g/mol. The van der Waals surface area contributed by atoms with Gasteiger partial charge in [0.2, 0.25) is 0 Å². The summed E-state index contributed by atoms with van der Waals surface area (Å²) in [5, 5.41) is 5.19. The van der Waals surface area contributed by atoms with Crippen molar-refractivity contribution in [2.24, 2.45) is 0 Å². The monoisotopic (exact) mass is 579 g/mol. The van der Waals surface area contributed by atoms with Gasteiger partial charge in [-0.3, -0.25) is 9.97 Å². The lowest BCUT2D eigenvalue weighted by Gasteiger charge is -2.34. The quantitative estimate of drug-likeness (QED) is 0.164. The molecule has 3 heterocycles. The molecule has 0 aliphatic heterocycles. The fraction of sp³-hybridized carbons (Fsp3) is 0. The molecule has 0 aliphatic carbocycles.